The molecule has 1 N–H and O–H groups in total. The van der Waals surface area contributed by atoms with Crippen LogP contribution in [-0.4, -0.2) is 49.4 Å². The lowest BCUT2D eigenvalue weighted by Crippen LogP contribution is -2.19. The number of hydrazone groups is 1. The van der Waals surface area contributed by atoms with Crippen LogP contribution in [0.2, 0.25) is 5.02 Å². The molecule has 3 rings (SSSR count). The summed E-state index contributed by atoms with van der Waals surface area (Å²) in [6.07, 6.45) is 1.47. The third-order valence-corrected chi connectivity index (χ3v) is 7.64. The maximum absolute atomic E-state index is 12.2. The molecule has 12 heteroatoms. The van der Waals surface area contributed by atoms with Crippen molar-refractivity contribution in [3.63, 3.8) is 0 Å². The molecule has 174 valence electrons. The molecular formula is C21H21ClN4O4S3. The molecule has 33 heavy (non-hydrogen) atoms. The second-order valence-electron chi connectivity index (χ2n) is 6.28. The summed E-state index contributed by atoms with van der Waals surface area (Å²) in [5.74, 6) is 2.26. The lowest BCUT2D eigenvalue weighted by Gasteiger charge is -2.12. The average molecular weight is 525 g/mol. The first-order valence-electron chi connectivity index (χ1n) is 9.47. The second kappa shape index (κ2) is 12.7. The van der Waals surface area contributed by atoms with Gasteiger partial charge < -0.3 is 14.2 Å². The van der Waals surface area contributed by atoms with Crippen molar-refractivity contribution in [1.82, 2.24) is 15.6 Å². The highest BCUT2D eigenvalue weighted by atomic mass is 35.5. The first kappa shape index (κ1) is 25.2. The van der Waals surface area contributed by atoms with Gasteiger partial charge in [0.05, 0.1) is 38.9 Å². The Labute approximate surface area is 209 Å². The van der Waals surface area contributed by atoms with E-state index in [9.17, 15) is 4.79 Å². The van der Waals surface area contributed by atoms with Gasteiger partial charge in [0.15, 0.2) is 8.68 Å². The molecule has 2 aromatic carbocycles. The maximum atomic E-state index is 12.2. The highest BCUT2D eigenvalue weighted by molar-refractivity contribution is 8.03. The van der Waals surface area contributed by atoms with Crippen LogP contribution in [0.1, 0.15) is 11.1 Å². The van der Waals surface area contributed by atoms with Crippen molar-refractivity contribution >= 4 is 58.6 Å². The van der Waals surface area contributed by atoms with Gasteiger partial charge >= 0.3 is 0 Å². The van der Waals surface area contributed by atoms with Crippen molar-refractivity contribution in [1.29, 1.82) is 0 Å². The molecule has 0 radical (unpaired) electrons. The Morgan fingerprint density at radius 1 is 1.06 bits per heavy atom. The minimum Gasteiger partial charge on any atom is -0.496 e. The van der Waals surface area contributed by atoms with Gasteiger partial charge in [-0.1, -0.05) is 58.6 Å². The molecule has 0 spiro atoms. The predicted molar refractivity (Wildman–Crippen MR) is 133 cm³/mol. The summed E-state index contributed by atoms with van der Waals surface area (Å²) in [6.45, 7) is 0. The molecule has 3 aromatic rings. The molecule has 0 aliphatic carbocycles. The standard InChI is InChI=1S/C21H21ClN4O4S3/c1-28-15-8-17(29-2)16(18(9-15)30-3)10-23-24-19(27)12-32-21-26-25-20(33-21)31-11-13-4-6-14(22)7-5-13/h4-10H,11-12H2,1-3H3,(H,24,27)/b23-10-. The van der Waals surface area contributed by atoms with E-state index in [0.717, 1.165) is 15.7 Å². The van der Waals surface area contributed by atoms with Crippen LogP contribution >= 0.6 is 46.5 Å². The number of thioether (sulfide) groups is 2. The molecule has 8 nitrogen and oxygen atoms in total. The van der Waals surface area contributed by atoms with E-state index >= 15 is 0 Å². The quantitative estimate of drug-likeness (QED) is 0.218. The summed E-state index contributed by atoms with van der Waals surface area (Å²) < 4.78 is 17.5. The number of ether oxygens (including phenoxy) is 3. The Morgan fingerprint density at radius 3 is 2.30 bits per heavy atom. The summed E-state index contributed by atoms with van der Waals surface area (Å²) in [4.78, 5) is 12.2. The summed E-state index contributed by atoms with van der Waals surface area (Å²) in [7, 11) is 4.62. The molecule has 0 aliphatic rings. The molecule has 0 saturated heterocycles. The molecule has 0 bridgehead atoms. The molecule has 0 unspecified atom stereocenters. The molecule has 0 aliphatic heterocycles. The van der Waals surface area contributed by atoms with Crippen LogP contribution in [0, 0.1) is 0 Å². The molecule has 1 aromatic heterocycles. The van der Waals surface area contributed by atoms with E-state index in [1.165, 1.54) is 43.5 Å². The molecule has 0 atom stereocenters. The number of carbonyl (C=O) groups is 1. The van der Waals surface area contributed by atoms with Crippen LogP contribution in [0.15, 0.2) is 50.2 Å². The molecule has 0 fully saturated rings. The Hall–Kier alpha value is -2.47. The number of hydrogen-bond donors (Lipinski definition) is 1. The number of carbonyl (C=O) groups excluding carboxylic acids is 1. The average Bonchev–Trinajstić information content (AvgIpc) is 3.30. The normalized spacial score (nSPS) is 10.9. The van der Waals surface area contributed by atoms with E-state index in [4.69, 9.17) is 25.8 Å². The van der Waals surface area contributed by atoms with E-state index in [1.54, 1.807) is 31.0 Å². The molecule has 1 amide bonds. The Balaban J connectivity index is 1.49. The molecular weight excluding hydrogens is 504 g/mol. The van der Waals surface area contributed by atoms with Gasteiger partial charge in [0, 0.05) is 22.9 Å². The van der Waals surface area contributed by atoms with Gasteiger partial charge in [-0.15, -0.1) is 10.2 Å². The number of nitrogens with one attached hydrogen (secondary N) is 1. The maximum Gasteiger partial charge on any atom is 0.250 e. The smallest absolute Gasteiger partial charge is 0.250 e. The number of aromatic nitrogens is 2. The van der Waals surface area contributed by atoms with Gasteiger partial charge in [-0.2, -0.15) is 5.10 Å². The molecule has 1 heterocycles. The Morgan fingerprint density at radius 2 is 1.70 bits per heavy atom. The highest BCUT2D eigenvalue weighted by Crippen LogP contribution is 2.33. The summed E-state index contributed by atoms with van der Waals surface area (Å²) in [6, 6.07) is 11.1. The summed E-state index contributed by atoms with van der Waals surface area (Å²) in [5.41, 5.74) is 4.23. The first-order chi connectivity index (χ1) is 16.0. The number of hydrogen-bond acceptors (Lipinski definition) is 10. The van der Waals surface area contributed by atoms with Crippen molar-refractivity contribution in [3.05, 3.63) is 52.5 Å². The second-order valence-corrected chi connectivity index (χ2v) is 10.1. The van der Waals surface area contributed by atoms with Crippen LogP contribution in [0.4, 0.5) is 0 Å². The third-order valence-electron chi connectivity index (χ3n) is 4.13. The van der Waals surface area contributed by atoms with E-state index in [-0.39, 0.29) is 11.7 Å². The molecule has 0 saturated carbocycles. The van der Waals surface area contributed by atoms with Crippen LogP contribution in [0.25, 0.3) is 0 Å². The van der Waals surface area contributed by atoms with Crippen LogP contribution < -0.4 is 19.6 Å². The van der Waals surface area contributed by atoms with Crippen LogP contribution in [0.5, 0.6) is 17.2 Å². The van der Waals surface area contributed by atoms with Gasteiger partial charge in [0.1, 0.15) is 17.2 Å². The third kappa shape index (κ3) is 7.53. The van der Waals surface area contributed by atoms with Crippen molar-refractivity contribution in [2.45, 2.75) is 14.4 Å². The lowest BCUT2D eigenvalue weighted by molar-refractivity contribution is -0.118. The van der Waals surface area contributed by atoms with Gasteiger partial charge in [-0.05, 0) is 17.7 Å². The highest BCUT2D eigenvalue weighted by Gasteiger charge is 2.12. The Bertz CT molecular complexity index is 1080. The van der Waals surface area contributed by atoms with Gasteiger partial charge in [-0.3, -0.25) is 4.79 Å². The van der Waals surface area contributed by atoms with Crippen molar-refractivity contribution in [2.24, 2.45) is 5.10 Å². The van der Waals surface area contributed by atoms with Crippen molar-refractivity contribution < 1.29 is 19.0 Å². The summed E-state index contributed by atoms with van der Waals surface area (Å²) >= 11 is 10.2. The largest absolute Gasteiger partial charge is 0.496 e. The van der Waals surface area contributed by atoms with Crippen molar-refractivity contribution in [3.8, 4) is 17.2 Å². The number of rotatable bonds is 11. The number of amides is 1. The fourth-order valence-electron chi connectivity index (χ4n) is 2.53. The summed E-state index contributed by atoms with van der Waals surface area (Å²) in [5, 5.41) is 13.0. The number of benzene rings is 2. The predicted octanol–water partition coefficient (Wildman–Crippen LogP) is 4.75. The number of methoxy groups -OCH3 is 3. The monoisotopic (exact) mass is 524 g/mol. The lowest BCUT2D eigenvalue weighted by atomic mass is 10.2. The fraction of sp³-hybridized carbons (Fsp3) is 0.238. The topological polar surface area (TPSA) is 94.9 Å². The zero-order valence-corrected chi connectivity index (χ0v) is 21.2. The van der Waals surface area contributed by atoms with E-state index in [2.05, 4.69) is 20.7 Å². The fourth-order valence-corrected chi connectivity index (χ4v) is 5.42. The first-order valence-corrected chi connectivity index (χ1v) is 12.6. The van der Waals surface area contributed by atoms with E-state index < -0.39 is 0 Å². The van der Waals surface area contributed by atoms with Gasteiger partial charge in [0.2, 0.25) is 0 Å². The van der Waals surface area contributed by atoms with Crippen molar-refractivity contribution in [2.75, 3.05) is 27.1 Å². The van der Waals surface area contributed by atoms with Crippen LogP contribution in [0.3, 0.4) is 0 Å². The Kier molecular flexibility index (Phi) is 9.67. The van der Waals surface area contributed by atoms with Gasteiger partial charge in [0.25, 0.3) is 5.91 Å². The minimum absolute atomic E-state index is 0.157. The SMILES string of the molecule is COc1cc(OC)c(/C=N\NC(=O)CSc2nnc(SCc3ccc(Cl)cc3)s2)c(OC)c1. The minimum atomic E-state index is -0.270. The zero-order chi connectivity index (χ0) is 23.6. The van der Waals surface area contributed by atoms with Gasteiger partial charge in [-0.25, -0.2) is 5.43 Å². The number of nitrogens with zero attached hydrogens (tertiary/aromatic N) is 3. The van der Waals surface area contributed by atoms with E-state index in [1.807, 2.05) is 24.3 Å². The van der Waals surface area contributed by atoms with E-state index in [0.29, 0.717) is 32.2 Å². The van der Waals surface area contributed by atoms with Crippen LogP contribution in [-0.2, 0) is 10.5 Å². The zero-order valence-electron chi connectivity index (χ0n) is 18.0. The number of halogens is 1.